The summed E-state index contributed by atoms with van der Waals surface area (Å²) in [4.78, 5) is 7.07. The van der Waals surface area contributed by atoms with Gasteiger partial charge in [0.05, 0.1) is 29.5 Å². The third-order valence-electron chi connectivity index (χ3n) is 3.67. The van der Waals surface area contributed by atoms with Crippen molar-refractivity contribution in [2.45, 2.75) is 39.8 Å². The lowest BCUT2D eigenvalue weighted by molar-refractivity contribution is 0.0639. The first kappa shape index (κ1) is 16.5. The zero-order chi connectivity index (χ0) is 15.5. The maximum atomic E-state index is 6.28. The quantitative estimate of drug-likeness (QED) is 0.906. The van der Waals surface area contributed by atoms with Crippen molar-refractivity contribution < 1.29 is 4.74 Å². The van der Waals surface area contributed by atoms with Gasteiger partial charge in [0.15, 0.2) is 0 Å². The van der Waals surface area contributed by atoms with Crippen LogP contribution in [0.25, 0.3) is 0 Å². The van der Waals surface area contributed by atoms with Gasteiger partial charge in [0.2, 0.25) is 0 Å². The highest BCUT2D eigenvalue weighted by Crippen LogP contribution is 2.27. The summed E-state index contributed by atoms with van der Waals surface area (Å²) >= 11 is 6.28. The predicted octanol–water partition coefficient (Wildman–Crippen LogP) is 3.10. The Morgan fingerprint density at radius 3 is 2.86 bits per heavy atom. The first-order valence-corrected chi connectivity index (χ1v) is 7.99. The highest BCUT2D eigenvalue weighted by molar-refractivity contribution is 6.31. The SMILES string of the molecule is CC(C)CNCc1nc(N2CCOCC2(C)C)ccc1Cl. The van der Waals surface area contributed by atoms with Crippen molar-refractivity contribution in [3.63, 3.8) is 0 Å². The largest absolute Gasteiger partial charge is 0.377 e. The molecule has 0 amide bonds. The van der Waals surface area contributed by atoms with Crippen molar-refractivity contribution in [2.75, 3.05) is 31.2 Å². The van der Waals surface area contributed by atoms with Gasteiger partial charge in [0, 0.05) is 13.1 Å². The summed E-state index contributed by atoms with van der Waals surface area (Å²) in [7, 11) is 0. The summed E-state index contributed by atoms with van der Waals surface area (Å²) in [6, 6.07) is 3.95. The standard InChI is InChI=1S/C16H26ClN3O/c1-12(2)9-18-10-14-13(17)5-6-15(19-14)20-7-8-21-11-16(20,3)4/h5-6,12,18H,7-11H2,1-4H3. The molecule has 5 heteroatoms. The first-order chi connectivity index (χ1) is 9.90. The Morgan fingerprint density at radius 1 is 1.43 bits per heavy atom. The minimum atomic E-state index is -0.0400. The molecule has 2 rings (SSSR count). The number of aromatic nitrogens is 1. The second-order valence-electron chi connectivity index (χ2n) is 6.64. The van der Waals surface area contributed by atoms with Gasteiger partial charge < -0.3 is 15.0 Å². The fourth-order valence-electron chi connectivity index (χ4n) is 2.51. The molecule has 1 aliphatic rings. The number of nitrogens with zero attached hydrogens (tertiary/aromatic N) is 2. The van der Waals surface area contributed by atoms with E-state index < -0.39 is 0 Å². The van der Waals surface area contributed by atoms with Crippen LogP contribution in [0.3, 0.4) is 0 Å². The maximum absolute atomic E-state index is 6.28. The Kier molecular flexibility index (Phi) is 5.47. The minimum Gasteiger partial charge on any atom is -0.377 e. The summed E-state index contributed by atoms with van der Waals surface area (Å²) in [5.74, 6) is 1.60. The molecule has 4 nitrogen and oxygen atoms in total. The Labute approximate surface area is 132 Å². The third kappa shape index (κ3) is 4.31. The van der Waals surface area contributed by atoms with Crippen LogP contribution in [0, 0.1) is 5.92 Å². The van der Waals surface area contributed by atoms with Gasteiger partial charge in [0.1, 0.15) is 5.82 Å². The fraction of sp³-hybridized carbons (Fsp3) is 0.688. The zero-order valence-electron chi connectivity index (χ0n) is 13.4. The molecule has 118 valence electrons. The van der Waals surface area contributed by atoms with E-state index in [1.165, 1.54) is 0 Å². The lowest BCUT2D eigenvalue weighted by Crippen LogP contribution is -2.53. The van der Waals surface area contributed by atoms with E-state index in [0.717, 1.165) is 42.8 Å². The summed E-state index contributed by atoms with van der Waals surface area (Å²) in [6.45, 7) is 12.7. The van der Waals surface area contributed by atoms with Crippen LogP contribution >= 0.6 is 11.6 Å². The van der Waals surface area contributed by atoms with E-state index in [2.05, 4.69) is 37.9 Å². The van der Waals surface area contributed by atoms with Gasteiger partial charge in [0.25, 0.3) is 0 Å². The summed E-state index contributed by atoms with van der Waals surface area (Å²) in [6.07, 6.45) is 0. The van der Waals surface area contributed by atoms with Crippen LogP contribution in [0.4, 0.5) is 5.82 Å². The fourth-order valence-corrected chi connectivity index (χ4v) is 2.68. The number of anilines is 1. The summed E-state index contributed by atoms with van der Waals surface area (Å²) in [5, 5.41) is 4.13. The van der Waals surface area contributed by atoms with Crippen LogP contribution in [0.5, 0.6) is 0 Å². The van der Waals surface area contributed by atoms with Gasteiger partial charge in [-0.2, -0.15) is 0 Å². The average molecular weight is 312 g/mol. The minimum absolute atomic E-state index is 0.0400. The molecule has 0 bridgehead atoms. The lowest BCUT2D eigenvalue weighted by atomic mass is 10.0. The molecule has 0 saturated carbocycles. The van der Waals surface area contributed by atoms with Gasteiger partial charge in [-0.05, 0) is 38.4 Å². The number of rotatable bonds is 5. The number of hydrogen-bond acceptors (Lipinski definition) is 4. The molecule has 0 radical (unpaired) electrons. The third-order valence-corrected chi connectivity index (χ3v) is 4.01. The number of pyridine rings is 1. The number of ether oxygens (including phenoxy) is 1. The topological polar surface area (TPSA) is 37.4 Å². The lowest BCUT2D eigenvalue weighted by Gasteiger charge is -2.43. The highest BCUT2D eigenvalue weighted by Gasteiger charge is 2.31. The van der Waals surface area contributed by atoms with E-state index in [1.807, 2.05) is 12.1 Å². The first-order valence-electron chi connectivity index (χ1n) is 7.61. The Hall–Kier alpha value is -0.840. The molecule has 1 aromatic heterocycles. The molecular weight excluding hydrogens is 286 g/mol. The number of hydrogen-bond donors (Lipinski definition) is 1. The van der Waals surface area contributed by atoms with Crippen molar-refractivity contribution >= 4 is 17.4 Å². The summed E-state index contributed by atoms with van der Waals surface area (Å²) in [5.41, 5.74) is 0.874. The van der Waals surface area contributed by atoms with Crippen LogP contribution in [0.2, 0.25) is 5.02 Å². The van der Waals surface area contributed by atoms with Crippen LogP contribution in [0.15, 0.2) is 12.1 Å². The predicted molar refractivity (Wildman–Crippen MR) is 88.0 cm³/mol. The van der Waals surface area contributed by atoms with E-state index in [9.17, 15) is 0 Å². The molecular formula is C16H26ClN3O. The van der Waals surface area contributed by atoms with Crippen LogP contribution in [0.1, 0.15) is 33.4 Å². The van der Waals surface area contributed by atoms with E-state index in [-0.39, 0.29) is 5.54 Å². The van der Waals surface area contributed by atoms with Gasteiger partial charge in [-0.15, -0.1) is 0 Å². The molecule has 1 aliphatic heterocycles. The second-order valence-corrected chi connectivity index (χ2v) is 7.05. The molecule has 0 aliphatic carbocycles. The smallest absolute Gasteiger partial charge is 0.129 e. The van der Waals surface area contributed by atoms with Crippen LogP contribution in [-0.4, -0.2) is 36.8 Å². The maximum Gasteiger partial charge on any atom is 0.129 e. The average Bonchev–Trinajstić information content (AvgIpc) is 2.40. The molecule has 21 heavy (non-hydrogen) atoms. The number of nitrogens with one attached hydrogen (secondary N) is 1. The summed E-state index contributed by atoms with van der Waals surface area (Å²) < 4.78 is 5.57. The Morgan fingerprint density at radius 2 is 2.19 bits per heavy atom. The molecule has 1 fully saturated rings. The normalized spacial score (nSPS) is 18.3. The number of morpholine rings is 1. The van der Waals surface area contributed by atoms with Crippen LogP contribution < -0.4 is 10.2 Å². The van der Waals surface area contributed by atoms with Crippen LogP contribution in [-0.2, 0) is 11.3 Å². The van der Waals surface area contributed by atoms with Crippen molar-refractivity contribution in [2.24, 2.45) is 5.92 Å². The van der Waals surface area contributed by atoms with Crippen molar-refractivity contribution in [1.82, 2.24) is 10.3 Å². The molecule has 1 N–H and O–H groups in total. The molecule has 1 saturated heterocycles. The molecule has 2 heterocycles. The van der Waals surface area contributed by atoms with E-state index >= 15 is 0 Å². The molecule has 0 aromatic carbocycles. The van der Waals surface area contributed by atoms with Gasteiger partial charge in [-0.1, -0.05) is 25.4 Å². The van der Waals surface area contributed by atoms with Gasteiger partial charge in [-0.3, -0.25) is 0 Å². The Balaban J connectivity index is 2.13. The van der Waals surface area contributed by atoms with Gasteiger partial charge in [-0.25, -0.2) is 4.98 Å². The van der Waals surface area contributed by atoms with Gasteiger partial charge >= 0.3 is 0 Å². The monoisotopic (exact) mass is 311 g/mol. The molecule has 1 aromatic rings. The zero-order valence-corrected chi connectivity index (χ0v) is 14.2. The van der Waals surface area contributed by atoms with E-state index in [4.69, 9.17) is 21.3 Å². The van der Waals surface area contributed by atoms with Crippen molar-refractivity contribution in [3.05, 3.63) is 22.8 Å². The highest BCUT2D eigenvalue weighted by atomic mass is 35.5. The second kappa shape index (κ2) is 6.95. The molecule has 0 unspecified atom stereocenters. The van der Waals surface area contributed by atoms with E-state index in [0.29, 0.717) is 12.5 Å². The van der Waals surface area contributed by atoms with E-state index in [1.54, 1.807) is 0 Å². The molecule has 0 atom stereocenters. The van der Waals surface area contributed by atoms with Crippen molar-refractivity contribution in [3.8, 4) is 0 Å². The molecule has 0 spiro atoms. The van der Waals surface area contributed by atoms with Crippen molar-refractivity contribution in [1.29, 1.82) is 0 Å². The number of halogens is 1. The Bertz CT molecular complexity index is 477.